The predicted octanol–water partition coefficient (Wildman–Crippen LogP) is 3.98. The standard InChI is InChI=1S/C24H25ClN6O3S/c1-4-11-30-22(34)18-10-5-15(21(33)26-14(2)3)12-19(18)31-23(30)28-29-24(31)35-13-20(32)27-17-8-6-16(25)7-9-17/h5-10,12,14H,4,11,13H2,1-3H3,(H,26,33)(H,27,32). The lowest BCUT2D eigenvalue weighted by Crippen LogP contribution is -2.30. The number of carbonyl (C=O) groups excluding carboxylic acids is 2. The third-order valence-electron chi connectivity index (χ3n) is 5.16. The fraction of sp³-hybridized carbons (Fsp3) is 0.292. The van der Waals surface area contributed by atoms with Gasteiger partial charge in [-0.05, 0) is 62.7 Å². The summed E-state index contributed by atoms with van der Waals surface area (Å²) in [7, 11) is 0. The zero-order valence-corrected chi connectivity index (χ0v) is 21.1. The van der Waals surface area contributed by atoms with Gasteiger partial charge in [-0.3, -0.25) is 23.4 Å². The van der Waals surface area contributed by atoms with Crippen LogP contribution in [0, 0.1) is 0 Å². The van der Waals surface area contributed by atoms with E-state index in [9.17, 15) is 14.4 Å². The van der Waals surface area contributed by atoms with Gasteiger partial charge in [-0.25, -0.2) is 0 Å². The van der Waals surface area contributed by atoms with E-state index in [1.165, 1.54) is 11.8 Å². The fourth-order valence-corrected chi connectivity index (χ4v) is 4.51. The van der Waals surface area contributed by atoms with E-state index >= 15 is 0 Å². The van der Waals surface area contributed by atoms with Gasteiger partial charge in [0.05, 0.1) is 16.7 Å². The third kappa shape index (κ3) is 5.33. The highest BCUT2D eigenvalue weighted by molar-refractivity contribution is 7.99. The molecule has 2 amide bonds. The summed E-state index contributed by atoms with van der Waals surface area (Å²) in [4.78, 5) is 38.3. The lowest BCUT2D eigenvalue weighted by atomic mass is 10.1. The molecule has 182 valence electrons. The summed E-state index contributed by atoms with van der Waals surface area (Å²) in [6.45, 7) is 6.20. The number of nitrogens with zero attached hydrogens (tertiary/aromatic N) is 4. The molecule has 2 aromatic carbocycles. The first-order valence-electron chi connectivity index (χ1n) is 11.2. The van der Waals surface area contributed by atoms with Gasteiger partial charge < -0.3 is 10.6 Å². The van der Waals surface area contributed by atoms with Crippen LogP contribution >= 0.6 is 23.4 Å². The minimum atomic E-state index is -0.239. The Hall–Kier alpha value is -3.37. The summed E-state index contributed by atoms with van der Waals surface area (Å²) in [6.07, 6.45) is 0.731. The lowest BCUT2D eigenvalue weighted by molar-refractivity contribution is -0.113. The number of benzene rings is 2. The van der Waals surface area contributed by atoms with E-state index in [0.29, 0.717) is 44.7 Å². The molecular formula is C24H25ClN6O3S. The van der Waals surface area contributed by atoms with Gasteiger partial charge >= 0.3 is 0 Å². The van der Waals surface area contributed by atoms with Crippen LogP contribution < -0.4 is 16.2 Å². The molecule has 0 aliphatic carbocycles. The zero-order chi connectivity index (χ0) is 25.1. The van der Waals surface area contributed by atoms with Crippen molar-refractivity contribution in [2.24, 2.45) is 0 Å². The fourth-order valence-electron chi connectivity index (χ4n) is 3.65. The molecule has 11 heteroatoms. The molecule has 0 unspecified atom stereocenters. The van der Waals surface area contributed by atoms with E-state index < -0.39 is 0 Å². The number of aryl methyl sites for hydroxylation is 1. The molecule has 0 saturated carbocycles. The molecule has 0 atom stereocenters. The highest BCUT2D eigenvalue weighted by Crippen LogP contribution is 2.23. The maximum Gasteiger partial charge on any atom is 0.262 e. The van der Waals surface area contributed by atoms with Gasteiger partial charge in [-0.15, -0.1) is 10.2 Å². The highest BCUT2D eigenvalue weighted by atomic mass is 35.5. The van der Waals surface area contributed by atoms with Crippen molar-refractivity contribution in [2.75, 3.05) is 11.1 Å². The summed E-state index contributed by atoms with van der Waals surface area (Å²) < 4.78 is 3.31. The second kappa shape index (κ2) is 10.5. The first-order chi connectivity index (χ1) is 16.8. The quantitative estimate of drug-likeness (QED) is 0.345. The van der Waals surface area contributed by atoms with E-state index in [-0.39, 0.29) is 29.2 Å². The van der Waals surface area contributed by atoms with E-state index in [2.05, 4.69) is 20.8 Å². The predicted molar refractivity (Wildman–Crippen MR) is 138 cm³/mol. The van der Waals surface area contributed by atoms with Crippen molar-refractivity contribution in [1.29, 1.82) is 0 Å². The molecule has 0 aliphatic rings. The van der Waals surface area contributed by atoms with Crippen molar-refractivity contribution in [2.45, 2.75) is 44.9 Å². The summed E-state index contributed by atoms with van der Waals surface area (Å²) >= 11 is 7.09. The first kappa shape index (κ1) is 24.7. The van der Waals surface area contributed by atoms with Gasteiger partial charge in [0.2, 0.25) is 11.7 Å². The molecule has 35 heavy (non-hydrogen) atoms. The Morgan fingerprint density at radius 3 is 2.54 bits per heavy atom. The number of fused-ring (bicyclic) bond motifs is 3. The van der Waals surface area contributed by atoms with Crippen molar-refractivity contribution in [3.8, 4) is 0 Å². The highest BCUT2D eigenvalue weighted by Gasteiger charge is 2.19. The molecule has 0 bridgehead atoms. The molecule has 4 rings (SSSR count). The zero-order valence-electron chi connectivity index (χ0n) is 19.5. The van der Waals surface area contributed by atoms with E-state index in [0.717, 1.165) is 6.42 Å². The molecule has 2 heterocycles. The van der Waals surface area contributed by atoms with E-state index in [1.54, 1.807) is 51.4 Å². The molecule has 4 aromatic rings. The summed E-state index contributed by atoms with van der Waals surface area (Å²) in [5.74, 6) is -0.0215. The van der Waals surface area contributed by atoms with Crippen LogP contribution in [0.5, 0.6) is 0 Å². The summed E-state index contributed by atoms with van der Waals surface area (Å²) in [5.41, 5.74) is 1.37. The Morgan fingerprint density at radius 2 is 1.86 bits per heavy atom. The van der Waals surface area contributed by atoms with Crippen LogP contribution in [-0.2, 0) is 11.3 Å². The van der Waals surface area contributed by atoms with Crippen LogP contribution in [0.15, 0.2) is 52.4 Å². The first-order valence-corrected chi connectivity index (χ1v) is 12.6. The topological polar surface area (TPSA) is 110 Å². The molecule has 0 radical (unpaired) electrons. The van der Waals surface area contributed by atoms with Crippen molar-refractivity contribution >= 4 is 57.5 Å². The van der Waals surface area contributed by atoms with Crippen LogP contribution in [-0.4, -0.2) is 42.8 Å². The Kier molecular flexibility index (Phi) is 7.42. The number of nitrogens with one attached hydrogen (secondary N) is 2. The summed E-state index contributed by atoms with van der Waals surface area (Å²) in [5, 5.41) is 15.7. The van der Waals surface area contributed by atoms with Gasteiger partial charge in [0.15, 0.2) is 5.16 Å². The van der Waals surface area contributed by atoms with Crippen molar-refractivity contribution in [1.82, 2.24) is 24.5 Å². The monoisotopic (exact) mass is 512 g/mol. The number of amides is 2. The lowest BCUT2D eigenvalue weighted by Gasteiger charge is -2.13. The molecule has 0 saturated heterocycles. The van der Waals surface area contributed by atoms with Crippen molar-refractivity contribution in [3.05, 3.63) is 63.4 Å². The number of hydrogen-bond donors (Lipinski definition) is 2. The number of rotatable bonds is 8. The van der Waals surface area contributed by atoms with Gasteiger partial charge in [-0.2, -0.15) is 0 Å². The largest absolute Gasteiger partial charge is 0.350 e. The Morgan fingerprint density at radius 1 is 1.11 bits per heavy atom. The van der Waals surface area contributed by atoms with E-state index in [1.807, 2.05) is 20.8 Å². The molecule has 0 fully saturated rings. The van der Waals surface area contributed by atoms with Crippen LogP contribution in [0.1, 0.15) is 37.6 Å². The number of thioether (sulfide) groups is 1. The summed E-state index contributed by atoms with van der Waals surface area (Å²) in [6, 6.07) is 11.8. The van der Waals surface area contributed by atoms with Crippen LogP contribution in [0.3, 0.4) is 0 Å². The van der Waals surface area contributed by atoms with Gasteiger partial charge in [0.25, 0.3) is 11.5 Å². The second-order valence-electron chi connectivity index (χ2n) is 8.28. The minimum absolute atomic E-state index is 0.0315. The van der Waals surface area contributed by atoms with Crippen LogP contribution in [0.2, 0.25) is 5.02 Å². The Balaban J connectivity index is 1.72. The van der Waals surface area contributed by atoms with Crippen molar-refractivity contribution < 1.29 is 9.59 Å². The number of carbonyl (C=O) groups is 2. The van der Waals surface area contributed by atoms with Crippen LogP contribution in [0.25, 0.3) is 16.7 Å². The molecular weight excluding hydrogens is 488 g/mol. The van der Waals surface area contributed by atoms with Crippen LogP contribution in [0.4, 0.5) is 5.69 Å². The SMILES string of the molecule is CCCn1c(=O)c2ccc(C(=O)NC(C)C)cc2n2c(SCC(=O)Nc3ccc(Cl)cc3)nnc12. The van der Waals surface area contributed by atoms with Gasteiger partial charge in [0.1, 0.15) is 0 Å². The molecule has 0 aliphatic heterocycles. The smallest absolute Gasteiger partial charge is 0.262 e. The molecule has 9 nitrogen and oxygen atoms in total. The number of aromatic nitrogens is 4. The van der Waals surface area contributed by atoms with Gasteiger partial charge in [0, 0.05) is 28.9 Å². The maximum absolute atomic E-state index is 13.2. The average molecular weight is 513 g/mol. The maximum atomic E-state index is 13.2. The number of hydrogen-bond acceptors (Lipinski definition) is 6. The molecule has 0 spiro atoms. The Labute approximate surface area is 210 Å². The molecule has 2 aromatic heterocycles. The Bertz CT molecular complexity index is 1460. The molecule has 2 N–H and O–H groups in total. The van der Waals surface area contributed by atoms with Crippen molar-refractivity contribution in [3.63, 3.8) is 0 Å². The number of anilines is 1. The second-order valence-corrected chi connectivity index (χ2v) is 9.66. The third-order valence-corrected chi connectivity index (χ3v) is 6.34. The normalized spacial score (nSPS) is 11.3. The number of halogens is 1. The average Bonchev–Trinajstić information content (AvgIpc) is 3.25. The van der Waals surface area contributed by atoms with E-state index in [4.69, 9.17) is 11.6 Å². The van der Waals surface area contributed by atoms with Gasteiger partial charge in [-0.1, -0.05) is 30.3 Å². The minimum Gasteiger partial charge on any atom is -0.350 e.